The Morgan fingerprint density at radius 3 is 2.48 bits per heavy atom. The first-order valence-electron chi connectivity index (χ1n) is 9.61. The van der Waals surface area contributed by atoms with Crippen molar-refractivity contribution in [3.63, 3.8) is 0 Å². The molecule has 0 spiro atoms. The van der Waals surface area contributed by atoms with Gasteiger partial charge in [0.15, 0.2) is 0 Å². The predicted octanol–water partition coefficient (Wildman–Crippen LogP) is 3.84. The zero-order chi connectivity index (χ0) is 19.4. The van der Waals surface area contributed by atoms with E-state index in [-0.39, 0.29) is 23.9 Å². The van der Waals surface area contributed by atoms with Crippen LogP contribution in [0.4, 0.5) is 5.69 Å². The van der Waals surface area contributed by atoms with Crippen LogP contribution in [0, 0.1) is 0 Å². The maximum absolute atomic E-state index is 13.1. The molecule has 2 atom stereocenters. The van der Waals surface area contributed by atoms with Crippen molar-refractivity contribution < 1.29 is 14.6 Å². The van der Waals surface area contributed by atoms with Crippen LogP contribution in [0.3, 0.4) is 0 Å². The molecule has 0 radical (unpaired) electrons. The summed E-state index contributed by atoms with van der Waals surface area (Å²) in [5, 5.41) is 10.5. The van der Waals surface area contributed by atoms with Gasteiger partial charge in [0.05, 0.1) is 18.2 Å². The van der Waals surface area contributed by atoms with Crippen molar-refractivity contribution >= 4 is 11.6 Å². The third-order valence-corrected chi connectivity index (χ3v) is 5.06. The van der Waals surface area contributed by atoms with E-state index in [1.807, 2.05) is 43.3 Å². The number of nitrogens with zero attached hydrogens (tertiary/aromatic N) is 2. The number of carbonyl (C=O) groups is 1. The number of phenolic OH excluding ortho intramolecular Hbond substituents is 1. The highest BCUT2D eigenvalue weighted by atomic mass is 16.5. The summed E-state index contributed by atoms with van der Waals surface area (Å²) in [6.07, 6.45) is -0.221. The molecule has 2 aromatic carbocycles. The van der Waals surface area contributed by atoms with Gasteiger partial charge in [-0.25, -0.2) is 0 Å². The fourth-order valence-electron chi connectivity index (χ4n) is 3.63. The second-order valence-electron chi connectivity index (χ2n) is 6.93. The van der Waals surface area contributed by atoms with Gasteiger partial charge in [0.1, 0.15) is 11.9 Å². The maximum Gasteiger partial charge on any atom is 0.257 e. The molecule has 1 fully saturated rings. The molecule has 1 N–H and O–H groups in total. The topological polar surface area (TPSA) is 53.0 Å². The zero-order valence-corrected chi connectivity index (χ0v) is 16.3. The quantitative estimate of drug-likeness (QED) is 0.871. The van der Waals surface area contributed by atoms with Crippen molar-refractivity contribution in [2.45, 2.75) is 33.0 Å². The Balaban J connectivity index is 1.80. The number of anilines is 1. The minimum absolute atomic E-state index is 0.0276. The number of morpholine rings is 1. The summed E-state index contributed by atoms with van der Waals surface area (Å²) < 4.78 is 6.04. The summed E-state index contributed by atoms with van der Waals surface area (Å²) in [4.78, 5) is 17.0. The molecule has 5 nitrogen and oxygen atoms in total. The van der Waals surface area contributed by atoms with E-state index in [1.165, 1.54) is 0 Å². The number of carbonyl (C=O) groups excluding carboxylic acids is 1. The number of aromatic hydroxyl groups is 1. The number of hydrogen-bond donors (Lipinski definition) is 1. The molecule has 5 heteroatoms. The van der Waals surface area contributed by atoms with Crippen LogP contribution in [-0.4, -0.2) is 48.2 Å². The molecule has 2 unspecified atom stereocenters. The first-order chi connectivity index (χ1) is 13.0. The van der Waals surface area contributed by atoms with Crippen molar-refractivity contribution in [1.29, 1.82) is 0 Å². The smallest absolute Gasteiger partial charge is 0.257 e. The molecule has 0 saturated carbocycles. The predicted molar refractivity (Wildman–Crippen MR) is 107 cm³/mol. The molecular formula is C22H28N2O3. The average molecular weight is 368 g/mol. The molecule has 27 heavy (non-hydrogen) atoms. The van der Waals surface area contributed by atoms with E-state index in [1.54, 1.807) is 17.0 Å². The van der Waals surface area contributed by atoms with Gasteiger partial charge in [0.2, 0.25) is 0 Å². The third-order valence-electron chi connectivity index (χ3n) is 5.06. The van der Waals surface area contributed by atoms with Gasteiger partial charge in [-0.05, 0) is 38.5 Å². The van der Waals surface area contributed by atoms with Crippen molar-refractivity contribution in [3.8, 4) is 5.75 Å². The number of phenols is 1. The van der Waals surface area contributed by atoms with Crippen molar-refractivity contribution in [2.24, 2.45) is 0 Å². The summed E-state index contributed by atoms with van der Waals surface area (Å²) in [6, 6.07) is 15.3. The van der Waals surface area contributed by atoms with Gasteiger partial charge in [-0.15, -0.1) is 0 Å². The van der Waals surface area contributed by atoms with Gasteiger partial charge < -0.3 is 19.6 Å². The van der Waals surface area contributed by atoms with Crippen LogP contribution in [0.2, 0.25) is 0 Å². The number of ether oxygens (including phenoxy) is 1. The van der Waals surface area contributed by atoms with Gasteiger partial charge in [-0.1, -0.05) is 30.3 Å². The Kier molecular flexibility index (Phi) is 6.01. The van der Waals surface area contributed by atoms with Crippen LogP contribution >= 0.6 is 0 Å². The van der Waals surface area contributed by atoms with E-state index in [2.05, 4.69) is 18.7 Å². The zero-order valence-electron chi connectivity index (χ0n) is 16.3. The van der Waals surface area contributed by atoms with Gasteiger partial charge in [-0.2, -0.15) is 0 Å². The van der Waals surface area contributed by atoms with E-state index in [0.29, 0.717) is 18.7 Å². The second-order valence-corrected chi connectivity index (χ2v) is 6.93. The number of benzene rings is 2. The SMILES string of the molecule is CCN(CC)c1ccc(C(=O)N2CC(C)OC(c3ccccc3)C2)c(O)c1. The van der Waals surface area contributed by atoms with Crippen LogP contribution < -0.4 is 4.90 Å². The third kappa shape index (κ3) is 4.25. The molecule has 1 saturated heterocycles. The van der Waals surface area contributed by atoms with E-state index in [0.717, 1.165) is 24.3 Å². The van der Waals surface area contributed by atoms with Gasteiger partial charge in [0.25, 0.3) is 5.91 Å². The van der Waals surface area contributed by atoms with Crippen LogP contribution in [0.15, 0.2) is 48.5 Å². The summed E-state index contributed by atoms with van der Waals surface area (Å²) in [5.74, 6) is -0.130. The Morgan fingerprint density at radius 2 is 1.85 bits per heavy atom. The number of hydrogen-bond acceptors (Lipinski definition) is 4. The van der Waals surface area contributed by atoms with Crippen LogP contribution in [0.5, 0.6) is 5.75 Å². The van der Waals surface area contributed by atoms with Crippen molar-refractivity contribution in [2.75, 3.05) is 31.1 Å². The maximum atomic E-state index is 13.1. The van der Waals surface area contributed by atoms with E-state index >= 15 is 0 Å². The lowest BCUT2D eigenvalue weighted by Gasteiger charge is -2.37. The first-order valence-corrected chi connectivity index (χ1v) is 9.61. The fraction of sp³-hybridized carbons (Fsp3) is 0.409. The highest BCUT2D eigenvalue weighted by Crippen LogP contribution is 2.29. The Labute approximate surface area is 161 Å². The molecule has 2 aromatic rings. The molecule has 1 amide bonds. The van der Waals surface area contributed by atoms with Crippen LogP contribution in [0.1, 0.15) is 42.8 Å². The largest absolute Gasteiger partial charge is 0.507 e. The fourth-order valence-corrected chi connectivity index (χ4v) is 3.63. The summed E-state index contributed by atoms with van der Waals surface area (Å²) >= 11 is 0. The molecule has 1 aliphatic rings. The summed E-state index contributed by atoms with van der Waals surface area (Å²) in [6.45, 7) is 8.80. The molecule has 1 heterocycles. The molecule has 0 bridgehead atoms. The Morgan fingerprint density at radius 1 is 1.15 bits per heavy atom. The van der Waals surface area contributed by atoms with Gasteiger partial charge in [-0.3, -0.25) is 4.79 Å². The molecule has 1 aliphatic heterocycles. The standard InChI is InChI=1S/C22H28N2O3/c1-4-23(5-2)18-11-12-19(20(25)13-18)22(26)24-14-16(3)27-21(15-24)17-9-7-6-8-10-17/h6-13,16,21,25H,4-5,14-15H2,1-3H3. The highest BCUT2D eigenvalue weighted by molar-refractivity contribution is 5.97. The minimum Gasteiger partial charge on any atom is -0.507 e. The first kappa shape index (κ1) is 19.2. The van der Waals surface area contributed by atoms with E-state index in [4.69, 9.17) is 4.74 Å². The lowest BCUT2D eigenvalue weighted by atomic mass is 10.0. The van der Waals surface area contributed by atoms with Crippen LogP contribution in [-0.2, 0) is 4.74 Å². The normalized spacial score (nSPS) is 19.7. The van der Waals surface area contributed by atoms with Crippen molar-refractivity contribution in [1.82, 2.24) is 4.90 Å². The molecular weight excluding hydrogens is 340 g/mol. The number of rotatable bonds is 5. The average Bonchev–Trinajstić information content (AvgIpc) is 2.69. The van der Waals surface area contributed by atoms with E-state index in [9.17, 15) is 9.90 Å². The molecule has 0 aromatic heterocycles. The summed E-state index contributed by atoms with van der Waals surface area (Å²) in [7, 11) is 0. The lowest BCUT2D eigenvalue weighted by molar-refractivity contribution is -0.0692. The highest BCUT2D eigenvalue weighted by Gasteiger charge is 2.31. The minimum atomic E-state index is -0.158. The van der Waals surface area contributed by atoms with Crippen LogP contribution in [0.25, 0.3) is 0 Å². The van der Waals surface area contributed by atoms with Crippen molar-refractivity contribution in [3.05, 3.63) is 59.7 Å². The van der Waals surface area contributed by atoms with E-state index < -0.39 is 0 Å². The Hall–Kier alpha value is -2.53. The van der Waals surface area contributed by atoms with Gasteiger partial charge in [0, 0.05) is 31.4 Å². The molecule has 144 valence electrons. The summed E-state index contributed by atoms with van der Waals surface area (Å²) in [5.41, 5.74) is 2.32. The second kappa shape index (κ2) is 8.44. The lowest BCUT2D eigenvalue weighted by Crippen LogP contribution is -2.46. The molecule has 3 rings (SSSR count). The number of amides is 1. The Bertz CT molecular complexity index is 774. The molecule has 0 aliphatic carbocycles. The monoisotopic (exact) mass is 368 g/mol. The van der Waals surface area contributed by atoms with Gasteiger partial charge >= 0.3 is 0 Å².